The lowest BCUT2D eigenvalue weighted by Crippen LogP contribution is -2.55. The van der Waals surface area contributed by atoms with E-state index in [-0.39, 0.29) is 29.5 Å². The molecule has 2 fully saturated rings. The van der Waals surface area contributed by atoms with Crippen LogP contribution in [0.1, 0.15) is 32.1 Å². The summed E-state index contributed by atoms with van der Waals surface area (Å²) in [5, 5.41) is 3.08. The Balaban J connectivity index is 0.00000220. The summed E-state index contributed by atoms with van der Waals surface area (Å²) in [4.78, 5) is 7.31. The monoisotopic (exact) mass is 424 g/mol. The highest BCUT2D eigenvalue weighted by molar-refractivity contribution is 14.0. The summed E-state index contributed by atoms with van der Waals surface area (Å²) in [6, 6.07) is 0. The van der Waals surface area contributed by atoms with Crippen LogP contribution in [-0.2, 0) is 0 Å². The van der Waals surface area contributed by atoms with Crippen LogP contribution in [0, 0.1) is 0 Å². The van der Waals surface area contributed by atoms with Crippen LogP contribution in [0.2, 0.25) is 0 Å². The Morgan fingerprint density at radius 2 is 1.95 bits per heavy atom. The molecule has 1 aliphatic heterocycles. The van der Waals surface area contributed by atoms with E-state index in [1.54, 1.807) is 6.08 Å². The van der Waals surface area contributed by atoms with E-state index in [9.17, 15) is 0 Å². The smallest absolute Gasteiger partial charge is 0.188 e. The summed E-state index contributed by atoms with van der Waals surface area (Å²) >= 11 is 2.07. The number of aliphatic imine (C=N–C) groups is 1. The topological polar surface area (TPSA) is 53.6 Å². The largest absolute Gasteiger partial charge is 0.370 e. The zero-order chi connectivity index (χ0) is 14.3. The van der Waals surface area contributed by atoms with Crippen molar-refractivity contribution in [3.63, 3.8) is 0 Å². The lowest BCUT2D eigenvalue weighted by Gasteiger charge is -2.47. The van der Waals surface area contributed by atoms with E-state index in [4.69, 9.17) is 5.73 Å². The van der Waals surface area contributed by atoms with Gasteiger partial charge in [0.15, 0.2) is 5.96 Å². The van der Waals surface area contributed by atoms with Crippen molar-refractivity contribution >= 4 is 41.7 Å². The molecular weight excluding hydrogens is 395 g/mol. The Morgan fingerprint density at radius 3 is 2.57 bits per heavy atom. The van der Waals surface area contributed by atoms with Gasteiger partial charge in [0.25, 0.3) is 0 Å². The van der Waals surface area contributed by atoms with Crippen LogP contribution in [0.15, 0.2) is 17.6 Å². The SMILES string of the molecule is C=CCNC(N)=NCC1(N2CCSCC2)CCCCC1.I. The first-order valence-electron chi connectivity index (χ1n) is 7.74. The fourth-order valence-electron chi connectivity index (χ4n) is 3.29. The summed E-state index contributed by atoms with van der Waals surface area (Å²) in [6.45, 7) is 7.63. The molecule has 1 heterocycles. The molecule has 1 saturated heterocycles. The van der Waals surface area contributed by atoms with Crippen molar-refractivity contribution in [3.8, 4) is 0 Å². The maximum absolute atomic E-state index is 5.93. The van der Waals surface area contributed by atoms with Crippen LogP contribution in [-0.4, -0.2) is 54.1 Å². The first-order valence-corrected chi connectivity index (χ1v) is 8.90. The first kappa shape index (κ1) is 19.1. The van der Waals surface area contributed by atoms with Gasteiger partial charge in [0.05, 0.1) is 6.54 Å². The molecule has 122 valence electrons. The van der Waals surface area contributed by atoms with E-state index in [1.807, 2.05) is 0 Å². The average Bonchev–Trinajstić information content (AvgIpc) is 2.52. The van der Waals surface area contributed by atoms with Crippen molar-refractivity contribution in [2.75, 3.05) is 37.7 Å². The first-order chi connectivity index (χ1) is 9.77. The zero-order valence-electron chi connectivity index (χ0n) is 12.9. The molecule has 1 saturated carbocycles. The maximum Gasteiger partial charge on any atom is 0.188 e. The third kappa shape index (κ3) is 5.63. The minimum Gasteiger partial charge on any atom is -0.370 e. The molecule has 0 spiro atoms. The lowest BCUT2D eigenvalue weighted by atomic mass is 9.80. The van der Waals surface area contributed by atoms with Crippen LogP contribution in [0.4, 0.5) is 0 Å². The Labute approximate surface area is 150 Å². The fraction of sp³-hybridized carbons (Fsp3) is 0.800. The number of thioether (sulfide) groups is 1. The predicted octanol–water partition coefficient (Wildman–Crippen LogP) is 2.45. The van der Waals surface area contributed by atoms with Gasteiger partial charge in [0, 0.05) is 36.7 Å². The van der Waals surface area contributed by atoms with E-state index in [2.05, 4.69) is 33.5 Å². The minimum atomic E-state index is 0. The van der Waals surface area contributed by atoms with Gasteiger partial charge in [-0.3, -0.25) is 9.89 Å². The van der Waals surface area contributed by atoms with Gasteiger partial charge in [-0.05, 0) is 12.8 Å². The van der Waals surface area contributed by atoms with Crippen molar-refractivity contribution < 1.29 is 0 Å². The summed E-state index contributed by atoms with van der Waals surface area (Å²) < 4.78 is 0. The van der Waals surface area contributed by atoms with E-state index in [0.717, 1.165) is 6.54 Å². The molecule has 0 amide bonds. The molecular formula is C15H29IN4S. The molecule has 0 aromatic rings. The number of guanidine groups is 1. The second kappa shape index (κ2) is 9.94. The van der Waals surface area contributed by atoms with Gasteiger partial charge >= 0.3 is 0 Å². The quantitative estimate of drug-likeness (QED) is 0.308. The Hall–Kier alpha value is 0.0500. The summed E-state index contributed by atoms with van der Waals surface area (Å²) in [6.07, 6.45) is 8.39. The second-order valence-corrected chi connectivity index (χ2v) is 6.98. The van der Waals surface area contributed by atoms with Gasteiger partial charge in [-0.2, -0.15) is 11.8 Å². The van der Waals surface area contributed by atoms with Crippen molar-refractivity contribution in [2.45, 2.75) is 37.6 Å². The standard InChI is InChI=1S/C15H28N4S.HI/c1-2-8-17-14(16)18-13-15(6-4-3-5-7-15)19-9-11-20-12-10-19;/h2H,1,3-13H2,(H3,16,17,18);1H. The number of nitrogens with two attached hydrogens (primary N) is 1. The fourth-order valence-corrected chi connectivity index (χ4v) is 4.19. The Morgan fingerprint density at radius 1 is 1.29 bits per heavy atom. The predicted molar refractivity (Wildman–Crippen MR) is 105 cm³/mol. The number of nitrogens with zero attached hydrogens (tertiary/aromatic N) is 2. The van der Waals surface area contributed by atoms with Crippen LogP contribution in [0.3, 0.4) is 0 Å². The number of halogens is 1. The van der Waals surface area contributed by atoms with Gasteiger partial charge < -0.3 is 11.1 Å². The molecule has 0 bridgehead atoms. The Kier molecular flexibility index (Phi) is 9.04. The lowest BCUT2D eigenvalue weighted by molar-refractivity contribution is 0.0672. The van der Waals surface area contributed by atoms with E-state index < -0.39 is 0 Å². The van der Waals surface area contributed by atoms with Crippen LogP contribution in [0.25, 0.3) is 0 Å². The van der Waals surface area contributed by atoms with Crippen molar-refractivity contribution in [1.82, 2.24) is 10.2 Å². The average molecular weight is 424 g/mol. The maximum atomic E-state index is 5.93. The van der Waals surface area contributed by atoms with Gasteiger partial charge in [0.1, 0.15) is 0 Å². The number of rotatable bonds is 5. The third-order valence-corrected chi connectivity index (χ3v) is 5.38. The van der Waals surface area contributed by atoms with Crippen LogP contribution < -0.4 is 11.1 Å². The van der Waals surface area contributed by atoms with Crippen molar-refractivity contribution in [1.29, 1.82) is 0 Å². The second-order valence-electron chi connectivity index (χ2n) is 5.76. The van der Waals surface area contributed by atoms with E-state index >= 15 is 0 Å². The van der Waals surface area contributed by atoms with Crippen LogP contribution in [0.5, 0.6) is 0 Å². The highest BCUT2D eigenvalue weighted by atomic mass is 127. The molecule has 0 aromatic heterocycles. The molecule has 1 aliphatic carbocycles. The number of hydrogen-bond donors (Lipinski definition) is 2. The molecule has 0 aromatic carbocycles. The van der Waals surface area contributed by atoms with Gasteiger partial charge in [-0.1, -0.05) is 25.3 Å². The molecule has 0 radical (unpaired) electrons. The normalized spacial score (nSPS) is 23.1. The molecule has 2 rings (SSSR count). The summed E-state index contributed by atoms with van der Waals surface area (Å²) in [5.41, 5.74) is 6.20. The highest BCUT2D eigenvalue weighted by Gasteiger charge is 2.38. The van der Waals surface area contributed by atoms with E-state index in [1.165, 1.54) is 56.7 Å². The molecule has 0 unspecified atom stereocenters. The van der Waals surface area contributed by atoms with Crippen molar-refractivity contribution in [2.24, 2.45) is 10.7 Å². The molecule has 0 atom stereocenters. The molecule has 6 heteroatoms. The van der Waals surface area contributed by atoms with Gasteiger partial charge in [-0.15, -0.1) is 30.6 Å². The highest BCUT2D eigenvalue weighted by Crippen LogP contribution is 2.35. The number of hydrogen-bond acceptors (Lipinski definition) is 3. The minimum absolute atomic E-state index is 0. The number of nitrogens with one attached hydrogen (secondary N) is 1. The zero-order valence-corrected chi connectivity index (χ0v) is 16.0. The van der Waals surface area contributed by atoms with Gasteiger partial charge in [0.2, 0.25) is 0 Å². The van der Waals surface area contributed by atoms with Gasteiger partial charge in [-0.25, -0.2) is 0 Å². The molecule has 2 aliphatic rings. The summed E-state index contributed by atoms with van der Waals surface area (Å²) in [5.74, 6) is 3.08. The van der Waals surface area contributed by atoms with Crippen molar-refractivity contribution in [3.05, 3.63) is 12.7 Å². The molecule has 21 heavy (non-hydrogen) atoms. The molecule has 4 nitrogen and oxygen atoms in total. The summed E-state index contributed by atoms with van der Waals surface area (Å²) in [7, 11) is 0. The third-order valence-electron chi connectivity index (χ3n) is 4.44. The van der Waals surface area contributed by atoms with Crippen LogP contribution >= 0.6 is 35.7 Å². The Bertz CT molecular complexity index is 337. The van der Waals surface area contributed by atoms with E-state index in [0.29, 0.717) is 12.5 Å². The molecule has 3 N–H and O–H groups in total.